The molecule has 0 aliphatic heterocycles. The summed E-state index contributed by atoms with van der Waals surface area (Å²) in [6.07, 6.45) is 23.5. The van der Waals surface area contributed by atoms with E-state index in [1.54, 1.807) is 12.1 Å². The Labute approximate surface area is 215 Å². The van der Waals surface area contributed by atoms with E-state index in [1.165, 1.54) is 102 Å². The molecule has 0 aromatic heterocycles. The first-order valence-electron chi connectivity index (χ1n) is 13.5. The van der Waals surface area contributed by atoms with Crippen LogP contribution in [0.1, 0.15) is 109 Å². The van der Waals surface area contributed by atoms with Crippen LogP contribution in [0.15, 0.2) is 41.3 Å². The van der Waals surface area contributed by atoms with Gasteiger partial charge < -0.3 is 15.5 Å². The first-order chi connectivity index (χ1) is 16.8. The maximum absolute atomic E-state index is 10.5. The molecule has 0 radical (unpaired) electrons. The number of nitrogens with one attached hydrogen (secondary N) is 1. The van der Waals surface area contributed by atoms with Crippen molar-refractivity contribution in [2.24, 2.45) is 0 Å². The predicted octanol–water partition coefficient (Wildman–Crippen LogP) is 6.56. The van der Waals surface area contributed by atoms with E-state index in [4.69, 9.17) is 14.8 Å². The highest BCUT2D eigenvalue weighted by atomic mass is 32.2. The van der Waals surface area contributed by atoms with E-state index < -0.39 is 16.4 Å². The van der Waals surface area contributed by atoms with Crippen molar-refractivity contribution in [1.29, 1.82) is 0 Å². The maximum Gasteiger partial charge on any atom is 0.294 e. The molecule has 0 aliphatic rings. The molecule has 0 unspecified atom stereocenters. The Kier molecular flexibility index (Phi) is 22.3. The summed E-state index contributed by atoms with van der Waals surface area (Å²) in [6, 6.07) is 5.99. The van der Waals surface area contributed by atoms with Crippen molar-refractivity contribution in [2.75, 3.05) is 13.1 Å². The second-order valence-electron chi connectivity index (χ2n) is 9.26. The lowest BCUT2D eigenvalue weighted by Crippen LogP contribution is -2.26. The number of aliphatic hydroxyl groups excluding tert-OH is 1. The van der Waals surface area contributed by atoms with Crippen molar-refractivity contribution < 1.29 is 23.2 Å². The fourth-order valence-corrected chi connectivity index (χ4v) is 4.10. The van der Waals surface area contributed by atoms with E-state index in [0.29, 0.717) is 0 Å². The third-order valence-electron chi connectivity index (χ3n) is 5.76. The van der Waals surface area contributed by atoms with Crippen LogP contribution in [0.4, 0.5) is 0 Å². The molecule has 7 heteroatoms. The number of unbranched alkanes of at least 4 members (excludes halogenated alkanes) is 13. The van der Waals surface area contributed by atoms with Crippen LogP contribution in [0.5, 0.6) is 0 Å². The molecule has 204 valence electrons. The summed E-state index contributed by atoms with van der Waals surface area (Å²) in [5, 5.41) is 20.4. The zero-order chi connectivity index (χ0) is 26.2. The Hall–Kier alpha value is -1.25. The van der Waals surface area contributed by atoms with Gasteiger partial charge in [0.2, 0.25) is 0 Å². The Morgan fingerprint density at radius 3 is 1.69 bits per heavy atom. The smallest absolute Gasteiger partial charge is 0.294 e. The van der Waals surface area contributed by atoms with Gasteiger partial charge in [-0.25, -0.2) is 0 Å². The fourth-order valence-electron chi connectivity index (χ4n) is 3.62. The highest BCUT2D eigenvalue weighted by molar-refractivity contribution is 7.85. The Bertz CT molecular complexity index is 717. The molecular formula is C28H51NO5S. The molecular weight excluding hydrogens is 462 g/mol. The average Bonchev–Trinajstić information content (AvgIpc) is 2.80. The third-order valence-corrected chi connectivity index (χ3v) is 6.63. The summed E-state index contributed by atoms with van der Waals surface area (Å²) in [7, 11) is -4.02. The van der Waals surface area contributed by atoms with Crippen molar-refractivity contribution in [3.63, 3.8) is 0 Å². The molecule has 1 aromatic rings. The predicted molar refractivity (Wildman–Crippen MR) is 146 cm³/mol. The summed E-state index contributed by atoms with van der Waals surface area (Å²) in [6.45, 7) is 5.29. The second-order valence-corrected chi connectivity index (χ2v) is 10.7. The van der Waals surface area contributed by atoms with Gasteiger partial charge in [0.1, 0.15) is 0 Å². The van der Waals surface area contributed by atoms with Gasteiger partial charge in [-0.1, -0.05) is 101 Å². The molecule has 0 fully saturated rings. The number of hydrogen-bond acceptors (Lipinski definition) is 5. The fraction of sp³-hybridized carbons (Fsp3) is 0.714. The molecule has 1 rings (SSSR count). The molecule has 6 nitrogen and oxygen atoms in total. The number of rotatable bonds is 20. The van der Waals surface area contributed by atoms with Gasteiger partial charge in [0.25, 0.3) is 10.1 Å². The summed E-state index contributed by atoms with van der Waals surface area (Å²) < 4.78 is 29.6. The molecule has 1 aromatic carbocycles. The molecule has 0 spiro atoms. The minimum atomic E-state index is -4.02. The van der Waals surface area contributed by atoms with Crippen molar-refractivity contribution in [3.05, 3.63) is 42.0 Å². The van der Waals surface area contributed by atoms with Crippen molar-refractivity contribution in [2.45, 2.75) is 121 Å². The first kappa shape index (κ1) is 33.8. The molecule has 0 saturated heterocycles. The lowest BCUT2D eigenvalue weighted by Gasteiger charge is -2.05. The number of allylic oxidation sites excluding steroid dienone is 2. The topological polar surface area (TPSA) is 107 Å². The van der Waals surface area contributed by atoms with Crippen LogP contribution in [0.25, 0.3) is 0 Å². The van der Waals surface area contributed by atoms with Gasteiger partial charge in [-0.05, 0) is 57.7 Å². The van der Waals surface area contributed by atoms with Gasteiger partial charge in [0.05, 0.1) is 4.90 Å². The van der Waals surface area contributed by atoms with E-state index in [1.807, 2.05) is 6.92 Å². The molecule has 0 bridgehead atoms. The second kappa shape index (κ2) is 23.2. The lowest BCUT2D eigenvalue weighted by atomic mass is 10.1. The Morgan fingerprint density at radius 2 is 1.23 bits per heavy atom. The van der Waals surface area contributed by atoms with Crippen molar-refractivity contribution in [3.8, 4) is 0 Å². The summed E-state index contributed by atoms with van der Waals surface area (Å²) >= 11 is 0. The standard InChI is InChI=1S/C21H43NO2.C7H8O3S/c1-2-3-4-5-6-7-8-9-10-11-12-13-14-15-16-17-18-19-22-20-21(23)24;1-6-2-4-7(5-3-6)11(8,9)10/h9-10,21-24H,2-8,11-20H2,1H3;2-5H,1H3,(H,8,9,10). The van der Waals surface area contributed by atoms with Crippen LogP contribution in [-0.4, -0.2) is 42.6 Å². The highest BCUT2D eigenvalue weighted by Gasteiger charge is 2.06. The van der Waals surface area contributed by atoms with Gasteiger partial charge >= 0.3 is 0 Å². The summed E-state index contributed by atoms with van der Waals surface area (Å²) in [5.74, 6) is 0. The van der Waals surface area contributed by atoms with E-state index >= 15 is 0 Å². The highest BCUT2D eigenvalue weighted by Crippen LogP contribution is 2.11. The number of aliphatic hydroxyl groups is 2. The summed E-state index contributed by atoms with van der Waals surface area (Å²) in [4.78, 5) is -0.0666. The number of hydrogen-bond donors (Lipinski definition) is 4. The molecule has 0 saturated carbocycles. The van der Waals surface area contributed by atoms with E-state index in [-0.39, 0.29) is 11.4 Å². The van der Waals surface area contributed by atoms with Gasteiger partial charge in [0, 0.05) is 6.54 Å². The van der Waals surface area contributed by atoms with E-state index in [9.17, 15) is 8.42 Å². The van der Waals surface area contributed by atoms with Gasteiger partial charge in [0.15, 0.2) is 6.29 Å². The molecule has 0 heterocycles. The van der Waals surface area contributed by atoms with Crippen LogP contribution in [0.2, 0.25) is 0 Å². The Morgan fingerprint density at radius 1 is 0.771 bits per heavy atom. The minimum absolute atomic E-state index is 0.0666. The summed E-state index contributed by atoms with van der Waals surface area (Å²) in [5.41, 5.74) is 0.956. The molecule has 0 atom stereocenters. The van der Waals surface area contributed by atoms with Crippen LogP contribution in [-0.2, 0) is 10.1 Å². The van der Waals surface area contributed by atoms with Crippen molar-refractivity contribution >= 4 is 10.1 Å². The zero-order valence-corrected chi connectivity index (χ0v) is 22.9. The first-order valence-corrected chi connectivity index (χ1v) is 15.0. The van der Waals surface area contributed by atoms with E-state index in [2.05, 4.69) is 24.4 Å². The SMILES string of the molecule is CCCCCCCCC=CCCCCCCCCCNCC(O)O.Cc1ccc(S(=O)(=O)O)cc1. The Balaban J connectivity index is 0.000000867. The minimum Gasteiger partial charge on any atom is -0.367 e. The van der Waals surface area contributed by atoms with Crippen LogP contribution >= 0.6 is 0 Å². The monoisotopic (exact) mass is 513 g/mol. The van der Waals surface area contributed by atoms with Crippen molar-refractivity contribution in [1.82, 2.24) is 5.32 Å². The maximum atomic E-state index is 10.5. The number of aryl methyl sites for hydroxylation is 1. The van der Waals surface area contributed by atoms with E-state index in [0.717, 1.165) is 18.5 Å². The quantitative estimate of drug-likeness (QED) is 0.0681. The molecule has 0 amide bonds. The zero-order valence-electron chi connectivity index (χ0n) is 22.1. The van der Waals surface area contributed by atoms with Gasteiger partial charge in [-0.15, -0.1) is 0 Å². The number of benzene rings is 1. The lowest BCUT2D eigenvalue weighted by molar-refractivity contribution is -0.0370. The molecule has 35 heavy (non-hydrogen) atoms. The normalized spacial score (nSPS) is 11.7. The average molecular weight is 514 g/mol. The van der Waals surface area contributed by atoms with Crippen LogP contribution in [0.3, 0.4) is 0 Å². The van der Waals surface area contributed by atoms with Crippen LogP contribution in [0, 0.1) is 6.92 Å². The molecule has 0 aliphatic carbocycles. The van der Waals surface area contributed by atoms with Gasteiger partial charge in [-0.3, -0.25) is 4.55 Å². The molecule has 4 N–H and O–H groups in total. The largest absolute Gasteiger partial charge is 0.367 e. The third kappa shape index (κ3) is 24.2. The van der Waals surface area contributed by atoms with Gasteiger partial charge in [-0.2, -0.15) is 8.42 Å². The van der Waals surface area contributed by atoms with Crippen LogP contribution < -0.4 is 5.32 Å².